The lowest BCUT2D eigenvalue weighted by molar-refractivity contribution is -0.146. The molecule has 11 heavy (non-hydrogen) atoms. The van der Waals surface area contributed by atoms with Gasteiger partial charge in [0.05, 0.1) is 5.41 Å². The Balaban J connectivity index is 4.31. The van der Waals surface area contributed by atoms with Crippen LogP contribution < -0.4 is 0 Å². The van der Waals surface area contributed by atoms with Crippen LogP contribution in [0.4, 0.5) is 0 Å². The maximum Gasteiger partial charge on any atom is 0.297 e. The predicted molar refractivity (Wildman–Crippen MR) is 49.3 cm³/mol. The maximum absolute atomic E-state index is 11.2. The molecule has 0 aliphatic rings. The van der Waals surface area contributed by atoms with Gasteiger partial charge < -0.3 is 4.43 Å². The minimum absolute atomic E-state index is 0.0569. The summed E-state index contributed by atoms with van der Waals surface area (Å²) >= 11 is 0. The zero-order valence-electron chi connectivity index (χ0n) is 8.10. The van der Waals surface area contributed by atoms with Crippen LogP contribution in [0.3, 0.4) is 0 Å². The van der Waals surface area contributed by atoms with Gasteiger partial charge >= 0.3 is 0 Å². The van der Waals surface area contributed by atoms with E-state index in [0.29, 0.717) is 16.4 Å². The Bertz CT molecular complexity index is 143. The van der Waals surface area contributed by atoms with Crippen molar-refractivity contribution in [2.45, 2.75) is 34.1 Å². The van der Waals surface area contributed by atoms with E-state index in [0.717, 1.165) is 6.42 Å². The molecule has 0 aliphatic heterocycles. The summed E-state index contributed by atoms with van der Waals surface area (Å²) < 4.78 is 4.84. The van der Waals surface area contributed by atoms with Crippen LogP contribution in [-0.2, 0) is 9.22 Å². The van der Waals surface area contributed by atoms with Crippen molar-refractivity contribution in [3.8, 4) is 0 Å². The van der Waals surface area contributed by atoms with Gasteiger partial charge in [0.15, 0.2) is 0 Å². The zero-order valence-corrected chi connectivity index (χ0v) is 10.1. The van der Waals surface area contributed by atoms with E-state index in [-0.39, 0.29) is 11.4 Å². The molecule has 66 valence electrons. The fourth-order valence-corrected chi connectivity index (χ4v) is 1.50. The second-order valence-corrected chi connectivity index (χ2v) is 3.93. The lowest BCUT2D eigenvalue weighted by Gasteiger charge is -2.28. The standard InChI is InChI=1S/C8H18O2Si/c1-5-6(2)8(3,4)7(9)10-11/h6H,5H2,1-4,11H3. The first-order valence-electron chi connectivity index (χ1n) is 4.05. The summed E-state index contributed by atoms with van der Waals surface area (Å²) in [5.74, 6) is 0.336. The van der Waals surface area contributed by atoms with Crippen molar-refractivity contribution < 1.29 is 9.22 Å². The maximum atomic E-state index is 11.2. The summed E-state index contributed by atoms with van der Waals surface area (Å²) in [5.41, 5.74) is -0.309. The lowest BCUT2D eigenvalue weighted by atomic mass is 9.79. The van der Waals surface area contributed by atoms with E-state index in [9.17, 15) is 4.79 Å². The number of hydrogen-bond acceptors (Lipinski definition) is 2. The van der Waals surface area contributed by atoms with Crippen LogP contribution in [0.5, 0.6) is 0 Å². The van der Waals surface area contributed by atoms with Gasteiger partial charge in [-0.05, 0) is 19.8 Å². The summed E-state index contributed by atoms with van der Waals surface area (Å²) in [6.07, 6.45) is 1.02. The summed E-state index contributed by atoms with van der Waals surface area (Å²) in [4.78, 5) is 11.2. The van der Waals surface area contributed by atoms with E-state index in [2.05, 4.69) is 13.8 Å². The Morgan fingerprint density at radius 3 is 2.36 bits per heavy atom. The minimum atomic E-state index is -0.309. The molecule has 0 aromatic heterocycles. The molecule has 0 N–H and O–H groups in total. The fourth-order valence-electron chi connectivity index (χ4n) is 0.975. The first-order chi connectivity index (χ1) is 4.96. The molecule has 0 aromatic carbocycles. The molecule has 0 fully saturated rings. The van der Waals surface area contributed by atoms with Crippen molar-refractivity contribution >= 4 is 16.5 Å². The first kappa shape index (κ1) is 10.7. The summed E-state index contributed by atoms with van der Waals surface area (Å²) in [7, 11) is 0.502. The van der Waals surface area contributed by atoms with E-state index < -0.39 is 0 Å². The molecular weight excluding hydrogens is 156 g/mol. The first-order valence-corrected chi connectivity index (χ1v) is 4.86. The van der Waals surface area contributed by atoms with Crippen LogP contribution in [-0.4, -0.2) is 16.5 Å². The second kappa shape index (κ2) is 3.90. The Labute approximate surface area is 71.9 Å². The zero-order chi connectivity index (χ0) is 9.07. The molecule has 0 bridgehead atoms. The normalized spacial score (nSPS) is 14.5. The molecule has 0 saturated heterocycles. The van der Waals surface area contributed by atoms with Gasteiger partial charge in [-0.25, -0.2) is 0 Å². The highest BCUT2D eigenvalue weighted by atomic mass is 28.2. The molecule has 1 unspecified atom stereocenters. The topological polar surface area (TPSA) is 26.3 Å². The van der Waals surface area contributed by atoms with Crippen molar-refractivity contribution in [3.05, 3.63) is 0 Å². The quantitative estimate of drug-likeness (QED) is 0.594. The third-order valence-electron chi connectivity index (χ3n) is 2.56. The molecule has 0 aromatic rings. The summed E-state index contributed by atoms with van der Waals surface area (Å²) in [5, 5.41) is 0. The molecule has 0 spiro atoms. The summed E-state index contributed by atoms with van der Waals surface area (Å²) in [6.45, 7) is 8.06. The number of carbonyl (C=O) groups is 1. The van der Waals surface area contributed by atoms with E-state index in [4.69, 9.17) is 4.43 Å². The van der Waals surface area contributed by atoms with Crippen molar-refractivity contribution in [2.24, 2.45) is 11.3 Å². The molecular formula is C8H18O2Si. The van der Waals surface area contributed by atoms with Gasteiger partial charge in [0, 0.05) is 0 Å². The van der Waals surface area contributed by atoms with Crippen molar-refractivity contribution in [1.29, 1.82) is 0 Å². The second-order valence-electron chi connectivity index (χ2n) is 3.52. The lowest BCUT2D eigenvalue weighted by Crippen LogP contribution is -2.32. The molecule has 0 saturated carbocycles. The minimum Gasteiger partial charge on any atom is -0.528 e. The number of rotatable bonds is 3. The molecule has 0 aliphatic carbocycles. The average Bonchev–Trinajstić information content (AvgIpc) is 2.01. The van der Waals surface area contributed by atoms with Crippen LogP contribution in [0, 0.1) is 11.3 Å². The Morgan fingerprint density at radius 2 is 2.09 bits per heavy atom. The highest BCUT2D eigenvalue weighted by Crippen LogP contribution is 2.29. The monoisotopic (exact) mass is 174 g/mol. The number of carbonyl (C=O) groups excluding carboxylic acids is 1. The largest absolute Gasteiger partial charge is 0.528 e. The highest BCUT2D eigenvalue weighted by molar-refractivity contribution is 6.06. The van der Waals surface area contributed by atoms with Gasteiger partial charge in [0.1, 0.15) is 0 Å². The fraction of sp³-hybridized carbons (Fsp3) is 0.875. The average molecular weight is 174 g/mol. The molecule has 0 rings (SSSR count). The van der Waals surface area contributed by atoms with E-state index >= 15 is 0 Å². The molecule has 0 radical (unpaired) electrons. The van der Waals surface area contributed by atoms with E-state index in [1.165, 1.54) is 0 Å². The van der Waals surface area contributed by atoms with Gasteiger partial charge in [0.25, 0.3) is 5.97 Å². The SMILES string of the molecule is CCC(C)C(C)(C)C(=O)O[SiH3]. The number of hydrogen-bond donors (Lipinski definition) is 0. The van der Waals surface area contributed by atoms with Crippen LogP contribution >= 0.6 is 0 Å². The molecule has 1 atom stereocenters. The van der Waals surface area contributed by atoms with E-state index in [1.54, 1.807) is 0 Å². The van der Waals surface area contributed by atoms with Crippen LogP contribution in [0.2, 0.25) is 0 Å². The third kappa shape index (κ3) is 2.33. The van der Waals surface area contributed by atoms with Gasteiger partial charge in [-0.1, -0.05) is 20.3 Å². The third-order valence-corrected chi connectivity index (χ3v) is 2.93. The van der Waals surface area contributed by atoms with E-state index in [1.807, 2.05) is 13.8 Å². The Kier molecular flexibility index (Phi) is 3.79. The smallest absolute Gasteiger partial charge is 0.297 e. The molecule has 0 amide bonds. The Morgan fingerprint density at radius 1 is 1.64 bits per heavy atom. The van der Waals surface area contributed by atoms with Crippen LogP contribution in [0.25, 0.3) is 0 Å². The van der Waals surface area contributed by atoms with Crippen LogP contribution in [0.1, 0.15) is 34.1 Å². The summed E-state index contributed by atoms with van der Waals surface area (Å²) in [6, 6.07) is 0. The van der Waals surface area contributed by atoms with Crippen molar-refractivity contribution in [3.63, 3.8) is 0 Å². The van der Waals surface area contributed by atoms with Crippen molar-refractivity contribution in [2.75, 3.05) is 0 Å². The molecule has 2 nitrogen and oxygen atoms in total. The van der Waals surface area contributed by atoms with Gasteiger partial charge in [-0.3, -0.25) is 4.79 Å². The predicted octanol–water partition coefficient (Wildman–Crippen LogP) is 0.882. The van der Waals surface area contributed by atoms with Crippen molar-refractivity contribution in [1.82, 2.24) is 0 Å². The van der Waals surface area contributed by atoms with Gasteiger partial charge in [0.2, 0.25) is 10.5 Å². The molecule has 0 heterocycles. The van der Waals surface area contributed by atoms with Gasteiger partial charge in [-0.15, -0.1) is 0 Å². The highest BCUT2D eigenvalue weighted by Gasteiger charge is 2.33. The van der Waals surface area contributed by atoms with Crippen LogP contribution in [0.15, 0.2) is 0 Å². The Hall–Kier alpha value is -0.313. The molecule has 3 heteroatoms. The van der Waals surface area contributed by atoms with Gasteiger partial charge in [-0.2, -0.15) is 0 Å².